The molecule has 3 rings (SSSR count). The first-order valence-electron chi connectivity index (χ1n) is 9.25. The minimum Gasteiger partial charge on any atom is -0.338 e. The minimum atomic E-state index is -3.70. The van der Waals surface area contributed by atoms with Crippen LogP contribution in [0.5, 0.6) is 0 Å². The van der Waals surface area contributed by atoms with Crippen molar-refractivity contribution in [3.8, 4) is 0 Å². The minimum absolute atomic E-state index is 0.0345. The van der Waals surface area contributed by atoms with E-state index in [2.05, 4.69) is 11.6 Å². The molecule has 1 unspecified atom stereocenters. The molecule has 1 heterocycles. The van der Waals surface area contributed by atoms with Gasteiger partial charge in [-0.15, -0.1) is 0 Å². The quantitative estimate of drug-likeness (QED) is 0.864. The van der Waals surface area contributed by atoms with Crippen molar-refractivity contribution in [2.75, 3.05) is 17.8 Å². The van der Waals surface area contributed by atoms with Crippen LogP contribution in [-0.4, -0.2) is 32.3 Å². The number of aryl methyl sites for hydroxylation is 2. The number of carbonyl (C=O) groups excluding carboxylic acids is 1. The molecule has 144 valence electrons. The van der Waals surface area contributed by atoms with Gasteiger partial charge in [0, 0.05) is 24.3 Å². The van der Waals surface area contributed by atoms with E-state index in [-0.39, 0.29) is 10.8 Å². The Morgan fingerprint density at radius 3 is 2.30 bits per heavy atom. The van der Waals surface area contributed by atoms with Crippen LogP contribution >= 0.6 is 0 Å². The summed E-state index contributed by atoms with van der Waals surface area (Å²) in [5, 5.41) is 0. The van der Waals surface area contributed by atoms with Gasteiger partial charge in [0.1, 0.15) is 0 Å². The van der Waals surface area contributed by atoms with E-state index >= 15 is 0 Å². The second-order valence-corrected chi connectivity index (χ2v) is 9.19. The van der Waals surface area contributed by atoms with Crippen molar-refractivity contribution >= 4 is 21.6 Å². The molecule has 0 aromatic heterocycles. The van der Waals surface area contributed by atoms with Crippen molar-refractivity contribution < 1.29 is 13.2 Å². The standard InChI is InChI=1S/C21H26N2O3S/c1-15-5-4-10-23(14-15)21(24)18-6-8-20(9-7-18)27(25,26)22-19-12-16(2)11-17(3)13-19/h6-9,11-13,15,22H,4-5,10,14H2,1-3H3. The summed E-state index contributed by atoms with van der Waals surface area (Å²) >= 11 is 0. The summed E-state index contributed by atoms with van der Waals surface area (Å²) in [7, 11) is -3.70. The van der Waals surface area contributed by atoms with Crippen LogP contribution in [-0.2, 0) is 10.0 Å². The molecule has 1 aliphatic rings. The lowest BCUT2D eigenvalue weighted by Crippen LogP contribution is -2.39. The zero-order valence-electron chi connectivity index (χ0n) is 16.0. The number of hydrogen-bond acceptors (Lipinski definition) is 3. The normalized spacial score (nSPS) is 17.6. The van der Waals surface area contributed by atoms with Crippen molar-refractivity contribution in [2.45, 2.75) is 38.5 Å². The topological polar surface area (TPSA) is 66.5 Å². The van der Waals surface area contributed by atoms with Crippen LogP contribution in [0.25, 0.3) is 0 Å². The number of benzene rings is 2. The monoisotopic (exact) mass is 386 g/mol. The number of piperidine rings is 1. The Labute approximate surface area is 161 Å². The first-order valence-corrected chi connectivity index (χ1v) is 10.7. The van der Waals surface area contributed by atoms with Gasteiger partial charge in [-0.05, 0) is 80.1 Å². The van der Waals surface area contributed by atoms with E-state index in [1.54, 1.807) is 24.3 Å². The Balaban J connectivity index is 1.76. The molecule has 1 saturated heterocycles. The molecular formula is C21H26N2O3S. The average molecular weight is 387 g/mol. The molecule has 1 aliphatic heterocycles. The van der Waals surface area contributed by atoms with E-state index in [1.165, 1.54) is 12.1 Å². The number of anilines is 1. The number of nitrogens with zero attached hydrogens (tertiary/aromatic N) is 1. The Bertz CT molecular complexity index is 916. The lowest BCUT2D eigenvalue weighted by molar-refractivity contribution is 0.0683. The van der Waals surface area contributed by atoms with E-state index in [4.69, 9.17) is 0 Å². The van der Waals surface area contributed by atoms with Gasteiger partial charge in [-0.2, -0.15) is 0 Å². The molecule has 1 N–H and O–H groups in total. The maximum atomic E-state index is 12.6. The zero-order valence-corrected chi connectivity index (χ0v) is 16.8. The van der Waals surface area contributed by atoms with Gasteiger partial charge in [0.15, 0.2) is 0 Å². The Morgan fingerprint density at radius 1 is 1.07 bits per heavy atom. The maximum absolute atomic E-state index is 12.6. The van der Waals surface area contributed by atoms with Gasteiger partial charge in [-0.25, -0.2) is 8.42 Å². The van der Waals surface area contributed by atoms with Gasteiger partial charge in [0.05, 0.1) is 4.90 Å². The highest BCUT2D eigenvalue weighted by atomic mass is 32.2. The predicted molar refractivity (Wildman–Crippen MR) is 107 cm³/mol. The Hall–Kier alpha value is -2.34. The van der Waals surface area contributed by atoms with Crippen LogP contribution in [0.1, 0.15) is 41.3 Å². The van der Waals surface area contributed by atoms with E-state index in [9.17, 15) is 13.2 Å². The van der Waals surface area contributed by atoms with Crippen LogP contribution in [0, 0.1) is 19.8 Å². The van der Waals surface area contributed by atoms with Crippen molar-refractivity contribution in [3.05, 3.63) is 59.2 Å². The summed E-state index contributed by atoms with van der Waals surface area (Å²) in [6, 6.07) is 11.7. The predicted octanol–water partition coefficient (Wildman–Crippen LogP) is 3.98. The summed E-state index contributed by atoms with van der Waals surface area (Å²) in [6.07, 6.45) is 2.16. The summed E-state index contributed by atoms with van der Waals surface area (Å²) in [5.74, 6) is 0.470. The fraction of sp³-hybridized carbons (Fsp3) is 0.381. The van der Waals surface area contributed by atoms with E-state index < -0.39 is 10.0 Å². The Morgan fingerprint density at radius 2 is 1.70 bits per heavy atom. The van der Waals surface area contributed by atoms with Gasteiger partial charge >= 0.3 is 0 Å². The second kappa shape index (κ2) is 7.72. The molecule has 0 saturated carbocycles. The zero-order chi connectivity index (χ0) is 19.6. The summed E-state index contributed by atoms with van der Waals surface area (Å²) < 4.78 is 27.9. The molecular weight excluding hydrogens is 360 g/mol. The van der Waals surface area contributed by atoms with E-state index in [0.717, 1.165) is 37.1 Å². The number of amides is 1. The molecule has 6 heteroatoms. The number of rotatable bonds is 4. The van der Waals surface area contributed by atoms with Crippen LogP contribution in [0.15, 0.2) is 47.4 Å². The second-order valence-electron chi connectivity index (χ2n) is 7.50. The van der Waals surface area contributed by atoms with Crippen molar-refractivity contribution in [1.29, 1.82) is 0 Å². The average Bonchev–Trinajstić information content (AvgIpc) is 2.60. The van der Waals surface area contributed by atoms with Gasteiger partial charge in [0.25, 0.3) is 15.9 Å². The highest BCUT2D eigenvalue weighted by Crippen LogP contribution is 2.21. The molecule has 0 radical (unpaired) electrons. The first kappa shape index (κ1) is 19.4. The van der Waals surface area contributed by atoms with Crippen LogP contribution in [0.3, 0.4) is 0 Å². The molecule has 2 aromatic carbocycles. The molecule has 1 fully saturated rings. The number of nitrogens with one attached hydrogen (secondary N) is 1. The smallest absolute Gasteiger partial charge is 0.261 e. The SMILES string of the molecule is Cc1cc(C)cc(NS(=O)(=O)c2ccc(C(=O)N3CCCC(C)C3)cc2)c1. The molecule has 0 aliphatic carbocycles. The number of carbonyl (C=O) groups is 1. The van der Waals surface area contributed by atoms with Crippen molar-refractivity contribution in [2.24, 2.45) is 5.92 Å². The highest BCUT2D eigenvalue weighted by molar-refractivity contribution is 7.92. The maximum Gasteiger partial charge on any atom is 0.261 e. The first-order chi connectivity index (χ1) is 12.7. The molecule has 0 bridgehead atoms. The van der Waals surface area contributed by atoms with Gasteiger partial charge in [-0.1, -0.05) is 13.0 Å². The van der Waals surface area contributed by atoms with Gasteiger partial charge in [-0.3, -0.25) is 9.52 Å². The summed E-state index contributed by atoms with van der Waals surface area (Å²) in [5.41, 5.74) is 3.04. The van der Waals surface area contributed by atoms with Crippen LogP contribution in [0.2, 0.25) is 0 Å². The van der Waals surface area contributed by atoms with Crippen LogP contribution < -0.4 is 4.72 Å². The van der Waals surface area contributed by atoms with Crippen molar-refractivity contribution in [3.63, 3.8) is 0 Å². The van der Waals surface area contributed by atoms with Gasteiger partial charge in [0.2, 0.25) is 0 Å². The molecule has 5 nitrogen and oxygen atoms in total. The van der Waals surface area contributed by atoms with E-state index in [0.29, 0.717) is 17.2 Å². The van der Waals surface area contributed by atoms with Gasteiger partial charge < -0.3 is 4.90 Å². The fourth-order valence-corrected chi connectivity index (χ4v) is 4.62. The molecule has 27 heavy (non-hydrogen) atoms. The fourth-order valence-electron chi connectivity index (χ4n) is 3.58. The van der Waals surface area contributed by atoms with Crippen LogP contribution in [0.4, 0.5) is 5.69 Å². The molecule has 2 aromatic rings. The number of likely N-dealkylation sites (tertiary alicyclic amines) is 1. The molecule has 0 spiro atoms. The molecule has 1 atom stereocenters. The van der Waals surface area contributed by atoms with E-state index in [1.807, 2.05) is 24.8 Å². The summed E-state index contributed by atoms with van der Waals surface area (Å²) in [6.45, 7) is 7.51. The lowest BCUT2D eigenvalue weighted by Gasteiger charge is -2.31. The Kier molecular flexibility index (Phi) is 5.56. The third-order valence-electron chi connectivity index (χ3n) is 4.83. The largest absolute Gasteiger partial charge is 0.338 e. The summed E-state index contributed by atoms with van der Waals surface area (Å²) in [4.78, 5) is 14.6. The van der Waals surface area contributed by atoms with Crippen molar-refractivity contribution in [1.82, 2.24) is 4.90 Å². The third-order valence-corrected chi connectivity index (χ3v) is 6.23. The lowest BCUT2D eigenvalue weighted by atomic mass is 9.99. The highest BCUT2D eigenvalue weighted by Gasteiger charge is 2.22. The number of sulfonamides is 1. The number of hydrogen-bond donors (Lipinski definition) is 1. The third kappa shape index (κ3) is 4.69. The molecule has 1 amide bonds.